The molecule has 7 nitrogen and oxygen atoms in total. The Bertz CT molecular complexity index is 810. The Kier molecular flexibility index (Phi) is 5.45. The zero-order valence-corrected chi connectivity index (χ0v) is 16.7. The van der Waals surface area contributed by atoms with E-state index in [0.29, 0.717) is 17.0 Å². The number of aromatic nitrogens is 4. The molecule has 1 aromatic heterocycles. The minimum absolute atomic E-state index is 0.0556. The Morgan fingerprint density at radius 3 is 2.70 bits per heavy atom. The lowest BCUT2D eigenvalue weighted by Gasteiger charge is -2.32. The van der Waals surface area contributed by atoms with E-state index in [-0.39, 0.29) is 5.91 Å². The summed E-state index contributed by atoms with van der Waals surface area (Å²) in [6, 6.07) is 7.27. The van der Waals surface area contributed by atoms with E-state index in [1.54, 1.807) is 4.68 Å². The quantitative estimate of drug-likeness (QED) is 0.767. The van der Waals surface area contributed by atoms with Gasteiger partial charge in [-0.05, 0) is 61.6 Å². The number of nitrogens with one attached hydrogen (secondary N) is 1. The second kappa shape index (κ2) is 7.98. The van der Waals surface area contributed by atoms with E-state index in [1.165, 1.54) is 30.2 Å². The fourth-order valence-electron chi connectivity index (χ4n) is 3.71. The standard InChI is InChI=1S/C19H26N6OS/c1-13-3-6-17(14(2)11-13)25-19(21-22-23-25)27-12-18(26)20-15-7-9-24(10-8-15)16-4-5-16/h3,6,11,15-16H,4-5,7-10,12H2,1-2H3,(H,20,26). The lowest BCUT2D eigenvalue weighted by Crippen LogP contribution is -2.45. The van der Waals surface area contributed by atoms with Crippen molar-refractivity contribution in [3.8, 4) is 5.69 Å². The maximum Gasteiger partial charge on any atom is 0.230 e. The molecule has 0 spiro atoms. The van der Waals surface area contributed by atoms with E-state index in [4.69, 9.17) is 0 Å². The summed E-state index contributed by atoms with van der Waals surface area (Å²) in [6.07, 6.45) is 4.80. The molecule has 0 bridgehead atoms. The minimum Gasteiger partial charge on any atom is -0.353 e. The number of benzene rings is 1. The number of hydrogen-bond donors (Lipinski definition) is 1. The summed E-state index contributed by atoms with van der Waals surface area (Å²) in [7, 11) is 0. The molecule has 2 fully saturated rings. The second-order valence-electron chi connectivity index (χ2n) is 7.56. The van der Waals surface area contributed by atoms with Crippen LogP contribution in [0, 0.1) is 13.8 Å². The van der Waals surface area contributed by atoms with E-state index in [2.05, 4.69) is 38.7 Å². The van der Waals surface area contributed by atoms with E-state index < -0.39 is 0 Å². The third-order valence-corrected chi connectivity index (χ3v) is 6.23. The topological polar surface area (TPSA) is 75.9 Å². The zero-order valence-electron chi connectivity index (χ0n) is 15.9. The van der Waals surface area contributed by atoms with Gasteiger partial charge in [0.05, 0.1) is 11.4 Å². The Morgan fingerprint density at radius 2 is 2.00 bits per heavy atom. The molecule has 4 rings (SSSR count). The van der Waals surface area contributed by atoms with Gasteiger partial charge in [-0.2, -0.15) is 4.68 Å². The van der Waals surface area contributed by atoms with Crippen LogP contribution in [0.15, 0.2) is 23.4 Å². The van der Waals surface area contributed by atoms with Gasteiger partial charge in [0, 0.05) is 25.2 Å². The number of thioether (sulfide) groups is 1. The number of hydrogen-bond acceptors (Lipinski definition) is 6. The smallest absolute Gasteiger partial charge is 0.230 e. The van der Waals surface area contributed by atoms with Crippen molar-refractivity contribution in [1.29, 1.82) is 0 Å². The summed E-state index contributed by atoms with van der Waals surface area (Å²) < 4.78 is 1.71. The molecule has 1 N–H and O–H groups in total. The SMILES string of the molecule is Cc1ccc(-n2nnnc2SCC(=O)NC2CCN(C3CC3)CC2)c(C)c1. The van der Waals surface area contributed by atoms with Crippen LogP contribution >= 0.6 is 11.8 Å². The van der Waals surface area contributed by atoms with Gasteiger partial charge >= 0.3 is 0 Å². The first kappa shape index (κ1) is 18.4. The van der Waals surface area contributed by atoms with Gasteiger partial charge in [-0.3, -0.25) is 4.79 Å². The number of amides is 1. The van der Waals surface area contributed by atoms with Gasteiger partial charge in [-0.25, -0.2) is 0 Å². The van der Waals surface area contributed by atoms with Crippen molar-refractivity contribution in [3.63, 3.8) is 0 Å². The Hall–Kier alpha value is -1.93. The summed E-state index contributed by atoms with van der Waals surface area (Å²) in [6.45, 7) is 6.31. The van der Waals surface area contributed by atoms with Crippen molar-refractivity contribution in [3.05, 3.63) is 29.3 Å². The van der Waals surface area contributed by atoms with Crippen molar-refractivity contribution >= 4 is 17.7 Å². The summed E-state index contributed by atoms with van der Waals surface area (Å²) in [5.74, 6) is 0.383. The molecule has 2 aliphatic rings. The molecule has 144 valence electrons. The van der Waals surface area contributed by atoms with E-state index >= 15 is 0 Å². The predicted molar refractivity (Wildman–Crippen MR) is 105 cm³/mol. The fourth-order valence-corrected chi connectivity index (χ4v) is 4.41. The first-order valence-corrected chi connectivity index (χ1v) is 10.6. The van der Waals surface area contributed by atoms with Crippen molar-refractivity contribution in [2.75, 3.05) is 18.8 Å². The number of carbonyl (C=O) groups excluding carboxylic acids is 1. The molecule has 2 heterocycles. The van der Waals surface area contributed by atoms with Gasteiger partial charge in [-0.15, -0.1) is 5.10 Å². The lowest BCUT2D eigenvalue weighted by molar-refractivity contribution is -0.119. The van der Waals surface area contributed by atoms with Crippen molar-refractivity contribution in [1.82, 2.24) is 30.4 Å². The molecule has 0 radical (unpaired) electrons. The largest absolute Gasteiger partial charge is 0.353 e. The number of carbonyl (C=O) groups is 1. The number of likely N-dealkylation sites (tertiary alicyclic amines) is 1. The highest BCUT2D eigenvalue weighted by atomic mass is 32.2. The summed E-state index contributed by atoms with van der Waals surface area (Å²) >= 11 is 1.38. The molecular formula is C19H26N6OS. The van der Waals surface area contributed by atoms with Crippen LogP contribution in [0.1, 0.15) is 36.8 Å². The third kappa shape index (κ3) is 4.50. The predicted octanol–water partition coefficient (Wildman–Crippen LogP) is 2.11. The second-order valence-corrected chi connectivity index (χ2v) is 8.50. The Balaban J connectivity index is 1.30. The molecule has 1 saturated heterocycles. The van der Waals surface area contributed by atoms with E-state index in [9.17, 15) is 4.79 Å². The number of aryl methyl sites for hydroxylation is 2. The van der Waals surface area contributed by atoms with Crippen molar-refractivity contribution < 1.29 is 4.79 Å². The van der Waals surface area contributed by atoms with Gasteiger partial charge in [-0.1, -0.05) is 29.5 Å². The Morgan fingerprint density at radius 1 is 1.22 bits per heavy atom. The van der Waals surface area contributed by atoms with Gasteiger partial charge in [0.25, 0.3) is 0 Å². The number of nitrogens with zero attached hydrogens (tertiary/aromatic N) is 5. The molecule has 1 amide bonds. The minimum atomic E-state index is 0.0556. The molecule has 1 aliphatic heterocycles. The lowest BCUT2D eigenvalue weighted by atomic mass is 10.1. The van der Waals surface area contributed by atoms with Crippen LogP contribution in [0.2, 0.25) is 0 Å². The highest BCUT2D eigenvalue weighted by molar-refractivity contribution is 7.99. The number of rotatable bonds is 6. The van der Waals surface area contributed by atoms with Crippen LogP contribution in [0.25, 0.3) is 5.69 Å². The molecule has 0 atom stereocenters. The van der Waals surface area contributed by atoms with Crippen molar-refractivity contribution in [2.45, 2.75) is 56.8 Å². The number of tetrazole rings is 1. The molecular weight excluding hydrogens is 360 g/mol. The zero-order chi connectivity index (χ0) is 18.8. The van der Waals surface area contributed by atoms with Crippen molar-refractivity contribution in [2.24, 2.45) is 0 Å². The number of piperidine rings is 1. The first-order valence-electron chi connectivity index (χ1n) is 9.62. The van der Waals surface area contributed by atoms with E-state index in [1.807, 2.05) is 19.1 Å². The molecule has 1 saturated carbocycles. The summed E-state index contributed by atoms with van der Waals surface area (Å²) in [5, 5.41) is 15.8. The molecule has 8 heteroatoms. The highest BCUT2D eigenvalue weighted by Gasteiger charge is 2.32. The van der Waals surface area contributed by atoms with Crippen LogP contribution in [0.4, 0.5) is 0 Å². The normalized spacial score (nSPS) is 18.6. The highest BCUT2D eigenvalue weighted by Crippen LogP contribution is 2.29. The van der Waals surface area contributed by atoms with Crippen LogP contribution < -0.4 is 5.32 Å². The molecule has 0 unspecified atom stereocenters. The van der Waals surface area contributed by atoms with Crippen LogP contribution in [-0.2, 0) is 4.79 Å². The molecule has 1 aliphatic carbocycles. The monoisotopic (exact) mass is 386 g/mol. The van der Waals surface area contributed by atoms with Crippen LogP contribution in [0.3, 0.4) is 0 Å². The molecule has 27 heavy (non-hydrogen) atoms. The fraction of sp³-hybridized carbons (Fsp3) is 0.579. The summed E-state index contributed by atoms with van der Waals surface area (Å²) in [5.41, 5.74) is 3.25. The maximum absolute atomic E-state index is 12.4. The molecule has 2 aromatic rings. The average molecular weight is 387 g/mol. The van der Waals surface area contributed by atoms with E-state index in [0.717, 1.165) is 43.2 Å². The van der Waals surface area contributed by atoms with Crippen LogP contribution in [0.5, 0.6) is 0 Å². The van der Waals surface area contributed by atoms with Gasteiger partial charge < -0.3 is 10.2 Å². The van der Waals surface area contributed by atoms with Crippen LogP contribution in [-0.4, -0.2) is 61.9 Å². The maximum atomic E-state index is 12.4. The van der Waals surface area contributed by atoms with Gasteiger partial charge in [0.15, 0.2) is 0 Å². The van der Waals surface area contributed by atoms with Gasteiger partial charge in [0.1, 0.15) is 0 Å². The Labute approximate surface area is 163 Å². The molecule has 1 aromatic carbocycles. The third-order valence-electron chi connectivity index (χ3n) is 5.31. The summed E-state index contributed by atoms with van der Waals surface area (Å²) in [4.78, 5) is 14.9. The van der Waals surface area contributed by atoms with Gasteiger partial charge in [0.2, 0.25) is 11.1 Å². The first-order chi connectivity index (χ1) is 13.1. The average Bonchev–Trinajstić information content (AvgIpc) is 3.39.